The first-order valence-electron chi connectivity index (χ1n) is 7.84. The van der Waals surface area contributed by atoms with Crippen LogP contribution in [-0.4, -0.2) is 41.1 Å². The van der Waals surface area contributed by atoms with Gasteiger partial charge in [-0.05, 0) is 31.9 Å². The molecule has 0 N–H and O–H groups in total. The van der Waals surface area contributed by atoms with Gasteiger partial charge in [-0.15, -0.1) is 0 Å². The van der Waals surface area contributed by atoms with Crippen LogP contribution in [0.5, 0.6) is 5.75 Å². The summed E-state index contributed by atoms with van der Waals surface area (Å²) in [6, 6.07) is 3.03. The molecule has 0 radical (unpaired) electrons. The molecule has 2 aromatic rings. The third-order valence-electron chi connectivity index (χ3n) is 4.18. The van der Waals surface area contributed by atoms with Crippen molar-refractivity contribution in [3.05, 3.63) is 47.3 Å². The summed E-state index contributed by atoms with van der Waals surface area (Å²) in [5, 5.41) is 0. The summed E-state index contributed by atoms with van der Waals surface area (Å²) < 4.78 is 21.7. The zero-order valence-electron chi connectivity index (χ0n) is 14.0. The molecular weight excluding hydrogens is 309 g/mol. The Hall–Kier alpha value is -2.63. The highest BCUT2D eigenvalue weighted by Gasteiger charge is 2.21. The molecule has 1 aromatic heterocycles. The second-order valence-corrected chi connectivity index (χ2v) is 5.97. The molecule has 1 aromatic carbocycles. The minimum Gasteiger partial charge on any atom is -0.495 e. The van der Waals surface area contributed by atoms with Gasteiger partial charge in [0.1, 0.15) is 11.6 Å². The Morgan fingerprint density at radius 1 is 1.38 bits per heavy atom. The van der Waals surface area contributed by atoms with E-state index in [-0.39, 0.29) is 5.91 Å². The highest BCUT2D eigenvalue weighted by atomic mass is 19.1. The van der Waals surface area contributed by atoms with Gasteiger partial charge in [-0.25, -0.2) is 9.37 Å². The van der Waals surface area contributed by atoms with Gasteiger partial charge in [-0.1, -0.05) is 0 Å². The number of hydrogen-bond acceptors (Lipinski definition) is 3. The van der Waals surface area contributed by atoms with Crippen molar-refractivity contribution in [2.75, 3.05) is 20.7 Å². The summed E-state index contributed by atoms with van der Waals surface area (Å²) in [5.74, 6) is 0.0804. The van der Waals surface area contributed by atoms with Crippen molar-refractivity contribution < 1.29 is 13.9 Å². The molecule has 2 heterocycles. The van der Waals surface area contributed by atoms with Gasteiger partial charge in [0.05, 0.1) is 24.8 Å². The topological polar surface area (TPSA) is 47.4 Å². The average Bonchev–Trinajstić information content (AvgIpc) is 2.99. The van der Waals surface area contributed by atoms with Crippen LogP contribution in [-0.2, 0) is 4.79 Å². The number of aromatic nitrogens is 2. The summed E-state index contributed by atoms with van der Waals surface area (Å²) in [7, 11) is 3.30. The van der Waals surface area contributed by atoms with E-state index in [1.54, 1.807) is 41.2 Å². The first-order chi connectivity index (χ1) is 11.5. The second-order valence-electron chi connectivity index (χ2n) is 5.97. The highest BCUT2D eigenvalue weighted by molar-refractivity contribution is 5.98. The average molecular weight is 329 g/mol. The zero-order valence-corrected chi connectivity index (χ0v) is 14.0. The Balaban J connectivity index is 2.03. The smallest absolute Gasteiger partial charge is 0.249 e. The number of likely N-dealkylation sites (tertiary alicyclic amines) is 1. The van der Waals surface area contributed by atoms with Gasteiger partial charge in [-0.2, -0.15) is 0 Å². The molecule has 1 aliphatic heterocycles. The summed E-state index contributed by atoms with van der Waals surface area (Å²) in [5.41, 5.74) is 2.38. The Bertz CT molecular complexity index is 811. The number of ether oxygens (including phenoxy) is 1. The number of amides is 1. The lowest BCUT2D eigenvalue weighted by Gasteiger charge is -2.24. The van der Waals surface area contributed by atoms with E-state index in [2.05, 4.69) is 4.98 Å². The molecular formula is C18H20FN3O2. The van der Waals surface area contributed by atoms with Gasteiger partial charge in [0.15, 0.2) is 0 Å². The number of halogens is 1. The summed E-state index contributed by atoms with van der Waals surface area (Å²) in [6.07, 6.45) is 6.59. The van der Waals surface area contributed by atoms with Crippen molar-refractivity contribution in [3.63, 3.8) is 0 Å². The Labute approximate surface area is 140 Å². The molecule has 1 aliphatic rings. The van der Waals surface area contributed by atoms with Crippen molar-refractivity contribution in [1.29, 1.82) is 0 Å². The molecule has 0 atom stereocenters. The van der Waals surface area contributed by atoms with E-state index in [0.717, 1.165) is 18.7 Å². The van der Waals surface area contributed by atoms with Crippen LogP contribution in [0.3, 0.4) is 0 Å². The number of carbonyl (C=O) groups excluding carboxylic acids is 1. The lowest BCUT2D eigenvalue weighted by atomic mass is 10.0. The maximum atomic E-state index is 14.6. The SMILES string of the molecule is COc1cc(/C=C2\CCCN(C)C2=O)c(F)cc1-n1cnc(C)c1. The fraction of sp³-hybridized carbons (Fsp3) is 0.333. The van der Waals surface area contributed by atoms with Crippen LogP contribution in [0.25, 0.3) is 11.8 Å². The van der Waals surface area contributed by atoms with E-state index in [0.29, 0.717) is 29.0 Å². The molecule has 5 nitrogen and oxygen atoms in total. The molecule has 0 bridgehead atoms. The Morgan fingerprint density at radius 3 is 2.83 bits per heavy atom. The monoisotopic (exact) mass is 329 g/mol. The number of rotatable bonds is 3. The van der Waals surface area contributed by atoms with E-state index < -0.39 is 5.82 Å². The number of carbonyl (C=O) groups is 1. The van der Waals surface area contributed by atoms with Gasteiger partial charge >= 0.3 is 0 Å². The molecule has 126 valence electrons. The van der Waals surface area contributed by atoms with E-state index >= 15 is 0 Å². The predicted molar refractivity (Wildman–Crippen MR) is 89.7 cm³/mol. The summed E-state index contributed by atoms with van der Waals surface area (Å²) in [4.78, 5) is 18.0. The van der Waals surface area contributed by atoms with E-state index in [1.165, 1.54) is 13.2 Å². The molecule has 1 saturated heterocycles. The molecule has 1 fully saturated rings. The largest absolute Gasteiger partial charge is 0.495 e. The lowest BCUT2D eigenvalue weighted by Crippen LogP contribution is -2.33. The third kappa shape index (κ3) is 3.04. The number of aryl methyl sites for hydroxylation is 1. The number of hydrogen-bond donors (Lipinski definition) is 0. The van der Waals surface area contributed by atoms with Crippen LogP contribution >= 0.6 is 0 Å². The van der Waals surface area contributed by atoms with Crippen molar-refractivity contribution in [3.8, 4) is 11.4 Å². The molecule has 24 heavy (non-hydrogen) atoms. The standard InChI is InChI=1S/C18H20FN3O2/c1-12-10-22(11-20-12)16-9-15(19)14(8-17(16)24-3)7-13-5-4-6-21(2)18(13)23/h7-11H,4-6H2,1-3H3/b13-7+. The molecule has 6 heteroatoms. The number of nitrogens with zero attached hydrogens (tertiary/aromatic N) is 3. The molecule has 0 spiro atoms. The Morgan fingerprint density at radius 2 is 2.17 bits per heavy atom. The van der Waals surface area contributed by atoms with E-state index in [4.69, 9.17) is 4.74 Å². The van der Waals surface area contributed by atoms with Crippen molar-refractivity contribution in [2.45, 2.75) is 19.8 Å². The quantitative estimate of drug-likeness (QED) is 0.814. The van der Waals surface area contributed by atoms with Gasteiger partial charge in [0.25, 0.3) is 0 Å². The van der Waals surface area contributed by atoms with Crippen molar-refractivity contribution in [1.82, 2.24) is 14.5 Å². The number of piperidine rings is 1. The minimum atomic E-state index is -0.398. The number of methoxy groups -OCH3 is 1. The van der Waals surface area contributed by atoms with E-state index in [9.17, 15) is 9.18 Å². The maximum absolute atomic E-state index is 14.6. The fourth-order valence-corrected chi connectivity index (χ4v) is 2.87. The second kappa shape index (κ2) is 6.47. The molecule has 3 rings (SSSR count). The third-order valence-corrected chi connectivity index (χ3v) is 4.18. The number of imidazole rings is 1. The number of benzene rings is 1. The molecule has 0 aliphatic carbocycles. The molecule has 1 amide bonds. The van der Waals surface area contributed by atoms with E-state index in [1.807, 2.05) is 6.92 Å². The van der Waals surface area contributed by atoms with Crippen LogP contribution in [0.2, 0.25) is 0 Å². The lowest BCUT2D eigenvalue weighted by molar-refractivity contribution is -0.127. The van der Waals surface area contributed by atoms with Crippen LogP contribution in [0.1, 0.15) is 24.1 Å². The Kier molecular flexibility index (Phi) is 4.38. The van der Waals surface area contributed by atoms with Gasteiger partial charge in [0.2, 0.25) is 5.91 Å². The van der Waals surface area contributed by atoms with Crippen molar-refractivity contribution in [2.24, 2.45) is 0 Å². The van der Waals surface area contributed by atoms with Crippen LogP contribution in [0.4, 0.5) is 4.39 Å². The minimum absolute atomic E-state index is 0.0473. The molecule has 0 unspecified atom stereocenters. The maximum Gasteiger partial charge on any atom is 0.249 e. The van der Waals surface area contributed by atoms with Crippen LogP contribution in [0, 0.1) is 12.7 Å². The van der Waals surface area contributed by atoms with Crippen LogP contribution in [0.15, 0.2) is 30.2 Å². The van der Waals surface area contributed by atoms with Gasteiger partial charge in [0, 0.05) is 37.0 Å². The number of likely N-dealkylation sites (N-methyl/N-ethyl adjacent to an activating group) is 1. The fourth-order valence-electron chi connectivity index (χ4n) is 2.87. The predicted octanol–water partition coefficient (Wildman–Crippen LogP) is 2.96. The summed E-state index contributed by atoms with van der Waals surface area (Å²) >= 11 is 0. The van der Waals surface area contributed by atoms with Gasteiger partial charge < -0.3 is 14.2 Å². The first kappa shape index (κ1) is 16.2. The van der Waals surface area contributed by atoms with Crippen LogP contribution < -0.4 is 4.74 Å². The van der Waals surface area contributed by atoms with Gasteiger partial charge in [-0.3, -0.25) is 4.79 Å². The van der Waals surface area contributed by atoms with Crippen molar-refractivity contribution >= 4 is 12.0 Å². The highest BCUT2D eigenvalue weighted by Crippen LogP contribution is 2.29. The zero-order chi connectivity index (χ0) is 17.3. The normalized spacial score (nSPS) is 16.8. The molecule has 0 saturated carbocycles. The first-order valence-corrected chi connectivity index (χ1v) is 7.84. The summed E-state index contributed by atoms with van der Waals surface area (Å²) in [6.45, 7) is 2.60.